The molecule has 8 heteroatoms. The van der Waals surface area contributed by atoms with Gasteiger partial charge in [0.05, 0.1) is 23.8 Å². The first-order valence-corrected chi connectivity index (χ1v) is 9.64. The number of piperidine rings is 1. The molecule has 0 aromatic carbocycles. The van der Waals surface area contributed by atoms with Gasteiger partial charge in [-0.05, 0) is 37.1 Å². The number of aryl methyl sites for hydroxylation is 1. The lowest BCUT2D eigenvalue weighted by Gasteiger charge is -2.31. The molecule has 1 N–H and O–H groups in total. The van der Waals surface area contributed by atoms with Crippen molar-refractivity contribution in [2.24, 2.45) is 7.05 Å². The Morgan fingerprint density at radius 3 is 2.79 bits per heavy atom. The molecule has 0 saturated carbocycles. The maximum Gasteiger partial charge on any atom is 0.246 e. The fourth-order valence-corrected chi connectivity index (χ4v) is 3.41. The Morgan fingerprint density at radius 2 is 2.07 bits per heavy atom. The summed E-state index contributed by atoms with van der Waals surface area (Å²) in [7, 11) is 1.85. The topological polar surface area (TPSA) is 88.8 Å². The van der Waals surface area contributed by atoms with E-state index in [-0.39, 0.29) is 11.8 Å². The molecule has 29 heavy (non-hydrogen) atoms. The average molecular weight is 389 g/mol. The van der Waals surface area contributed by atoms with Gasteiger partial charge in [0, 0.05) is 44.5 Å². The van der Waals surface area contributed by atoms with Crippen molar-refractivity contribution in [3.8, 4) is 0 Å². The maximum absolute atomic E-state index is 12.6. The smallest absolute Gasteiger partial charge is 0.246 e. The molecule has 0 aliphatic carbocycles. The third kappa shape index (κ3) is 4.66. The van der Waals surface area contributed by atoms with Gasteiger partial charge in [0.15, 0.2) is 0 Å². The van der Waals surface area contributed by atoms with Crippen molar-refractivity contribution in [3.63, 3.8) is 0 Å². The maximum atomic E-state index is 12.6. The molecule has 1 aliphatic rings. The van der Waals surface area contributed by atoms with Gasteiger partial charge in [-0.3, -0.25) is 14.5 Å². The molecular formula is C21H23N7O. The van der Waals surface area contributed by atoms with E-state index in [1.165, 1.54) is 0 Å². The third-order valence-corrected chi connectivity index (χ3v) is 5.00. The molecule has 0 bridgehead atoms. The SMILES string of the molecule is Cn1nccc1/C=C/C(=O)N1CCC[C@@H](c2cnc(Nc3ccccn3)cn2)C1. The van der Waals surface area contributed by atoms with Crippen LogP contribution in [-0.4, -0.2) is 48.6 Å². The van der Waals surface area contributed by atoms with E-state index in [1.54, 1.807) is 41.6 Å². The summed E-state index contributed by atoms with van der Waals surface area (Å²) < 4.78 is 1.74. The summed E-state index contributed by atoms with van der Waals surface area (Å²) in [6.07, 6.45) is 12.3. The zero-order valence-electron chi connectivity index (χ0n) is 16.3. The normalized spacial score (nSPS) is 16.9. The second-order valence-corrected chi connectivity index (χ2v) is 7.00. The van der Waals surface area contributed by atoms with Crippen molar-refractivity contribution in [1.82, 2.24) is 29.6 Å². The van der Waals surface area contributed by atoms with Gasteiger partial charge in [-0.1, -0.05) is 6.07 Å². The minimum Gasteiger partial charge on any atom is -0.338 e. The minimum absolute atomic E-state index is 0.0114. The van der Waals surface area contributed by atoms with Crippen molar-refractivity contribution in [2.45, 2.75) is 18.8 Å². The molecule has 1 amide bonds. The number of hydrogen-bond acceptors (Lipinski definition) is 6. The predicted octanol–water partition coefficient (Wildman–Crippen LogP) is 2.77. The van der Waals surface area contributed by atoms with Crippen LogP contribution < -0.4 is 5.32 Å². The lowest BCUT2D eigenvalue weighted by Crippen LogP contribution is -2.38. The number of hydrogen-bond donors (Lipinski definition) is 1. The summed E-state index contributed by atoms with van der Waals surface area (Å²) in [4.78, 5) is 27.7. The van der Waals surface area contributed by atoms with Crippen molar-refractivity contribution in [1.29, 1.82) is 0 Å². The third-order valence-electron chi connectivity index (χ3n) is 5.00. The fraction of sp³-hybridized carbons (Fsp3) is 0.286. The molecule has 1 fully saturated rings. The molecule has 4 rings (SSSR count). The highest BCUT2D eigenvalue weighted by molar-refractivity contribution is 5.91. The van der Waals surface area contributed by atoms with Crippen molar-refractivity contribution in [3.05, 3.63) is 66.5 Å². The van der Waals surface area contributed by atoms with Gasteiger partial charge in [0.2, 0.25) is 5.91 Å². The van der Waals surface area contributed by atoms with Crippen LogP contribution in [0.2, 0.25) is 0 Å². The fourth-order valence-electron chi connectivity index (χ4n) is 3.41. The van der Waals surface area contributed by atoms with Crippen LogP contribution in [0.15, 0.2) is 55.1 Å². The molecule has 8 nitrogen and oxygen atoms in total. The predicted molar refractivity (Wildman–Crippen MR) is 110 cm³/mol. The number of carbonyl (C=O) groups excluding carboxylic acids is 1. The number of carbonyl (C=O) groups is 1. The van der Waals surface area contributed by atoms with Crippen LogP contribution in [0.3, 0.4) is 0 Å². The van der Waals surface area contributed by atoms with Crippen LogP contribution in [0.1, 0.15) is 30.1 Å². The van der Waals surface area contributed by atoms with E-state index in [4.69, 9.17) is 0 Å². The monoisotopic (exact) mass is 389 g/mol. The molecule has 0 radical (unpaired) electrons. The second kappa shape index (κ2) is 8.64. The number of pyridine rings is 1. The Hall–Kier alpha value is -3.55. The molecule has 1 aliphatic heterocycles. The number of nitrogens with zero attached hydrogens (tertiary/aromatic N) is 6. The molecular weight excluding hydrogens is 366 g/mol. The van der Waals surface area contributed by atoms with Gasteiger partial charge in [-0.15, -0.1) is 0 Å². The van der Waals surface area contributed by atoms with Crippen molar-refractivity contribution in [2.75, 3.05) is 18.4 Å². The van der Waals surface area contributed by atoms with E-state index >= 15 is 0 Å². The molecule has 1 saturated heterocycles. The standard InChI is InChI=1S/C21H23N7O/c1-27-17(9-11-25-27)7-8-21(29)28-12-4-5-16(15-28)18-13-24-20(14-23-18)26-19-6-2-3-10-22-19/h2-3,6-11,13-14,16H,4-5,12,15H2,1H3,(H,22,24,26)/b8-7+/t16-/m1/s1. The van der Waals surface area contributed by atoms with Crippen molar-refractivity contribution >= 4 is 23.6 Å². The molecule has 0 unspecified atom stereocenters. The van der Waals surface area contributed by atoms with E-state index in [0.29, 0.717) is 12.4 Å². The number of amides is 1. The van der Waals surface area contributed by atoms with E-state index in [2.05, 4.69) is 25.4 Å². The molecule has 3 aromatic heterocycles. The lowest BCUT2D eigenvalue weighted by atomic mass is 9.95. The van der Waals surface area contributed by atoms with Crippen LogP contribution in [0, 0.1) is 0 Å². The second-order valence-electron chi connectivity index (χ2n) is 7.00. The quantitative estimate of drug-likeness (QED) is 0.675. The highest BCUT2D eigenvalue weighted by atomic mass is 16.2. The van der Waals surface area contributed by atoms with Crippen LogP contribution in [-0.2, 0) is 11.8 Å². The highest BCUT2D eigenvalue weighted by Crippen LogP contribution is 2.26. The Labute approximate surface area is 169 Å². The Morgan fingerprint density at radius 1 is 1.14 bits per heavy atom. The van der Waals surface area contributed by atoms with Crippen LogP contribution >= 0.6 is 0 Å². The number of likely N-dealkylation sites (tertiary alicyclic amines) is 1. The first-order valence-electron chi connectivity index (χ1n) is 9.64. The molecule has 148 valence electrons. The van der Waals surface area contributed by atoms with Gasteiger partial charge in [0.25, 0.3) is 0 Å². The van der Waals surface area contributed by atoms with E-state index in [1.807, 2.05) is 36.2 Å². The van der Waals surface area contributed by atoms with Gasteiger partial charge in [-0.25, -0.2) is 9.97 Å². The Balaban J connectivity index is 1.38. The number of rotatable bonds is 5. The van der Waals surface area contributed by atoms with Crippen LogP contribution in [0.25, 0.3) is 6.08 Å². The average Bonchev–Trinajstić information content (AvgIpc) is 3.18. The van der Waals surface area contributed by atoms with Crippen molar-refractivity contribution < 1.29 is 4.79 Å². The van der Waals surface area contributed by atoms with Gasteiger partial charge >= 0.3 is 0 Å². The summed E-state index contributed by atoms with van der Waals surface area (Å²) >= 11 is 0. The summed E-state index contributed by atoms with van der Waals surface area (Å²) in [5.41, 5.74) is 1.80. The van der Waals surface area contributed by atoms with E-state index < -0.39 is 0 Å². The number of nitrogens with one attached hydrogen (secondary N) is 1. The Bertz CT molecular complexity index is 982. The first kappa shape index (κ1) is 18.8. The van der Waals surface area contributed by atoms with Gasteiger partial charge in [0.1, 0.15) is 11.6 Å². The van der Waals surface area contributed by atoms with Crippen LogP contribution in [0.5, 0.6) is 0 Å². The molecule has 3 aromatic rings. The zero-order chi connectivity index (χ0) is 20.1. The summed E-state index contributed by atoms with van der Waals surface area (Å²) in [5, 5.41) is 7.24. The summed E-state index contributed by atoms with van der Waals surface area (Å²) in [6.45, 7) is 1.41. The van der Waals surface area contributed by atoms with E-state index in [0.717, 1.165) is 36.6 Å². The summed E-state index contributed by atoms with van der Waals surface area (Å²) in [6, 6.07) is 7.52. The number of anilines is 2. The molecule has 0 spiro atoms. The summed E-state index contributed by atoms with van der Waals surface area (Å²) in [5.74, 6) is 1.58. The van der Waals surface area contributed by atoms with Gasteiger partial charge < -0.3 is 10.2 Å². The minimum atomic E-state index is 0.0114. The Kier molecular flexibility index (Phi) is 5.60. The van der Waals surface area contributed by atoms with E-state index in [9.17, 15) is 4.79 Å². The van der Waals surface area contributed by atoms with Crippen LogP contribution in [0.4, 0.5) is 11.6 Å². The highest BCUT2D eigenvalue weighted by Gasteiger charge is 2.24. The molecule has 4 heterocycles. The zero-order valence-corrected chi connectivity index (χ0v) is 16.3. The first-order chi connectivity index (χ1) is 14.2. The largest absolute Gasteiger partial charge is 0.338 e. The molecule has 1 atom stereocenters. The lowest BCUT2D eigenvalue weighted by molar-refractivity contribution is -0.127. The number of aromatic nitrogens is 5. The van der Waals surface area contributed by atoms with Gasteiger partial charge in [-0.2, -0.15) is 5.10 Å².